The van der Waals surface area contributed by atoms with Crippen LogP contribution in [-0.4, -0.2) is 60.9 Å². The van der Waals surface area contributed by atoms with Crippen molar-refractivity contribution in [1.29, 1.82) is 0 Å². The predicted octanol–water partition coefficient (Wildman–Crippen LogP) is 5.96. The van der Waals surface area contributed by atoms with Gasteiger partial charge in [0.15, 0.2) is 5.13 Å². The Morgan fingerprint density at radius 3 is 2.65 bits per heavy atom. The predicted molar refractivity (Wildman–Crippen MR) is 147 cm³/mol. The van der Waals surface area contributed by atoms with Gasteiger partial charge in [-0.05, 0) is 61.8 Å². The molecule has 1 aliphatic heterocycles. The van der Waals surface area contributed by atoms with E-state index in [2.05, 4.69) is 55.1 Å². The number of rotatable bonds is 10. The minimum atomic E-state index is 0. The third-order valence-electron chi connectivity index (χ3n) is 6.11. The van der Waals surface area contributed by atoms with Crippen molar-refractivity contribution in [3.05, 3.63) is 53.6 Å². The molecule has 0 aliphatic carbocycles. The average molecular weight is 520 g/mol. The largest absolute Gasteiger partial charge is 0.379 e. The smallest absolute Gasteiger partial charge is 0.228 e. The van der Waals surface area contributed by atoms with E-state index in [9.17, 15) is 4.79 Å². The number of aromatic nitrogens is 1. The topological polar surface area (TPSA) is 45.7 Å². The molecule has 5 nitrogen and oxygen atoms in total. The lowest BCUT2D eigenvalue weighted by atomic mass is 10.1. The van der Waals surface area contributed by atoms with E-state index < -0.39 is 0 Å². The minimum Gasteiger partial charge on any atom is -0.379 e. The van der Waals surface area contributed by atoms with Gasteiger partial charge < -0.3 is 4.74 Å². The van der Waals surface area contributed by atoms with Crippen LogP contribution in [0.1, 0.15) is 30.4 Å². The quantitative estimate of drug-likeness (QED) is 0.244. The van der Waals surface area contributed by atoms with Crippen LogP contribution in [0.25, 0.3) is 10.2 Å². The minimum absolute atomic E-state index is 0. The molecule has 1 aliphatic rings. The van der Waals surface area contributed by atoms with Crippen LogP contribution in [0, 0.1) is 13.8 Å². The van der Waals surface area contributed by atoms with Gasteiger partial charge in [0.1, 0.15) is 0 Å². The fourth-order valence-electron chi connectivity index (χ4n) is 4.00. The first-order valence-electron chi connectivity index (χ1n) is 11.8. The van der Waals surface area contributed by atoms with Crippen LogP contribution in [0.15, 0.2) is 47.4 Å². The van der Waals surface area contributed by atoms with Gasteiger partial charge in [-0.25, -0.2) is 4.98 Å². The molecule has 1 fully saturated rings. The highest BCUT2D eigenvalue weighted by atomic mass is 35.5. The molecule has 2 heterocycles. The highest BCUT2D eigenvalue weighted by molar-refractivity contribution is 7.99. The first-order chi connectivity index (χ1) is 16.1. The van der Waals surface area contributed by atoms with E-state index in [0.717, 1.165) is 66.8 Å². The maximum atomic E-state index is 13.3. The summed E-state index contributed by atoms with van der Waals surface area (Å²) < 4.78 is 6.61. The van der Waals surface area contributed by atoms with Crippen LogP contribution in [0.5, 0.6) is 0 Å². The lowest BCUT2D eigenvalue weighted by Gasteiger charge is -2.27. The van der Waals surface area contributed by atoms with Gasteiger partial charge in [0, 0.05) is 37.5 Å². The van der Waals surface area contributed by atoms with Gasteiger partial charge in [-0.15, -0.1) is 24.2 Å². The summed E-state index contributed by atoms with van der Waals surface area (Å²) in [6.07, 6.45) is 2.35. The van der Waals surface area contributed by atoms with Gasteiger partial charge in [-0.1, -0.05) is 35.6 Å². The van der Waals surface area contributed by atoms with Crippen molar-refractivity contribution in [2.75, 3.05) is 50.0 Å². The molecule has 0 saturated carbocycles. The van der Waals surface area contributed by atoms with Crippen LogP contribution in [0.2, 0.25) is 0 Å². The molecule has 2 aromatic carbocycles. The normalized spacial score (nSPS) is 14.2. The number of fused-ring (bicyclic) bond motifs is 1. The Morgan fingerprint density at radius 2 is 1.88 bits per heavy atom. The molecule has 8 heteroatoms. The summed E-state index contributed by atoms with van der Waals surface area (Å²) in [6, 6.07) is 14.7. The number of ether oxygens (including phenoxy) is 1. The van der Waals surface area contributed by atoms with Crippen LogP contribution >= 0.6 is 35.5 Å². The highest BCUT2D eigenvalue weighted by Crippen LogP contribution is 2.32. The van der Waals surface area contributed by atoms with E-state index in [1.807, 2.05) is 22.7 Å². The van der Waals surface area contributed by atoms with Crippen molar-refractivity contribution < 1.29 is 9.53 Å². The number of benzene rings is 2. The summed E-state index contributed by atoms with van der Waals surface area (Å²) in [6.45, 7) is 9.49. The first kappa shape index (κ1) is 27.0. The van der Waals surface area contributed by atoms with Crippen molar-refractivity contribution in [3.8, 4) is 0 Å². The Hall–Kier alpha value is -1.64. The van der Waals surface area contributed by atoms with E-state index in [0.29, 0.717) is 13.0 Å². The van der Waals surface area contributed by atoms with Gasteiger partial charge in [-0.2, -0.15) is 0 Å². The van der Waals surface area contributed by atoms with E-state index in [1.54, 1.807) is 11.3 Å². The van der Waals surface area contributed by atoms with E-state index in [1.165, 1.54) is 16.0 Å². The molecule has 1 aromatic heterocycles. The Labute approximate surface area is 217 Å². The van der Waals surface area contributed by atoms with Crippen LogP contribution < -0.4 is 4.90 Å². The molecule has 0 bridgehead atoms. The maximum absolute atomic E-state index is 13.3. The summed E-state index contributed by atoms with van der Waals surface area (Å²) in [5.41, 5.74) is 3.47. The van der Waals surface area contributed by atoms with Crippen LogP contribution in [-0.2, 0) is 9.53 Å². The number of thiazole rings is 1. The zero-order chi connectivity index (χ0) is 23.0. The molecule has 0 spiro atoms. The van der Waals surface area contributed by atoms with E-state index >= 15 is 0 Å². The highest BCUT2D eigenvalue weighted by Gasteiger charge is 2.21. The molecule has 0 atom stereocenters. The maximum Gasteiger partial charge on any atom is 0.228 e. The van der Waals surface area contributed by atoms with E-state index in [-0.39, 0.29) is 18.3 Å². The molecule has 0 N–H and O–H groups in total. The second-order valence-corrected chi connectivity index (χ2v) is 10.6. The molecular weight excluding hydrogens is 486 g/mol. The molecule has 3 aromatic rings. The number of amides is 1. The van der Waals surface area contributed by atoms with Gasteiger partial charge in [0.25, 0.3) is 0 Å². The van der Waals surface area contributed by atoms with Crippen molar-refractivity contribution in [2.24, 2.45) is 0 Å². The lowest BCUT2D eigenvalue weighted by molar-refractivity contribution is -0.118. The van der Waals surface area contributed by atoms with Gasteiger partial charge >= 0.3 is 0 Å². The Morgan fingerprint density at radius 1 is 1.12 bits per heavy atom. The number of carbonyl (C=O) groups is 1. The number of carbonyl (C=O) groups excluding carboxylic acids is 1. The zero-order valence-electron chi connectivity index (χ0n) is 20.0. The second kappa shape index (κ2) is 13.4. The summed E-state index contributed by atoms with van der Waals surface area (Å²) >= 11 is 3.45. The van der Waals surface area contributed by atoms with E-state index in [4.69, 9.17) is 9.72 Å². The summed E-state index contributed by atoms with van der Waals surface area (Å²) in [4.78, 5) is 23.9. The number of aryl methyl sites for hydroxylation is 2. The Balaban J connectivity index is 0.00000324. The zero-order valence-corrected chi connectivity index (χ0v) is 22.4. The summed E-state index contributed by atoms with van der Waals surface area (Å²) in [5.74, 6) is 1.12. The van der Waals surface area contributed by atoms with Gasteiger partial charge in [-0.3, -0.25) is 14.6 Å². The SMILES string of the molecule is Cc1ccc2sc(N(CCCN3CCOCC3)C(=O)CCCSc3ccccc3)nc2c1C.Cl. The number of nitrogens with zero attached hydrogens (tertiary/aromatic N) is 3. The first-order valence-corrected chi connectivity index (χ1v) is 13.6. The third kappa shape index (κ3) is 7.18. The fraction of sp³-hybridized carbons (Fsp3) is 0.462. The monoisotopic (exact) mass is 519 g/mol. The van der Waals surface area contributed by atoms with Crippen molar-refractivity contribution in [1.82, 2.24) is 9.88 Å². The third-order valence-corrected chi connectivity index (χ3v) is 8.25. The molecule has 34 heavy (non-hydrogen) atoms. The van der Waals surface area contributed by atoms with Gasteiger partial charge in [0.2, 0.25) is 5.91 Å². The Bertz CT molecular complexity index is 1050. The molecule has 1 amide bonds. The molecule has 1 saturated heterocycles. The van der Waals surface area contributed by atoms with Crippen LogP contribution in [0.4, 0.5) is 5.13 Å². The number of anilines is 1. The van der Waals surface area contributed by atoms with Crippen molar-refractivity contribution >= 4 is 56.8 Å². The molecule has 4 rings (SSSR count). The standard InChI is InChI=1S/C26H33N3O2S2.ClH/c1-20-11-12-23-25(21(20)2)27-26(33-23)29(14-7-13-28-15-17-31-18-16-28)24(30)10-6-19-32-22-8-4-3-5-9-22;/h3-5,8-9,11-12H,6-7,10,13-19H2,1-2H3;1H. The number of halogens is 1. The number of hydrogen-bond donors (Lipinski definition) is 0. The lowest BCUT2D eigenvalue weighted by Crippen LogP contribution is -2.39. The number of thioether (sulfide) groups is 1. The Kier molecular flexibility index (Phi) is 10.7. The fourth-order valence-corrected chi connectivity index (χ4v) is 5.94. The average Bonchev–Trinajstić information content (AvgIpc) is 3.28. The second-order valence-electron chi connectivity index (χ2n) is 8.47. The van der Waals surface area contributed by atoms with Gasteiger partial charge in [0.05, 0.1) is 23.4 Å². The van der Waals surface area contributed by atoms with Crippen LogP contribution in [0.3, 0.4) is 0 Å². The summed E-state index contributed by atoms with van der Waals surface area (Å²) in [7, 11) is 0. The van der Waals surface area contributed by atoms with Crippen molar-refractivity contribution in [3.63, 3.8) is 0 Å². The molecule has 184 valence electrons. The summed E-state index contributed by atoms with van der Waals surface area (Å²) in [5, 5.41) is 0.835. The number of morpholine rings is 1. The van der Waals surface area contributed by atoms with Crippen molar-refractivity contribution in [2.45, 2.75) is 38.0 Å². The molecule has 0 unspecified atom stereocenters. The molecule has 0 radical (unpaired) electrons. The molecular formula is C26H34ClN3O2S2. The number of hydrogen-bond acceptors (Lipinski definition) is 6.